The summed E-state index contributed by atoms with van der Waals surface area (Å²) in [6.07, 6.45) is 3.63. The van der Waals surface area contributed by atoms with Crippen LogP contribution in [0, 0.1) is 0 Å². The zero-order valence-electron chi connectivity index (χ0n) is 15.9. The third-order valence-corrected chi connectivity index (χ3v) is 4.48. The Labute approximate surface area is 164 Å². The van der Waals surface area contributed by atoms with Gasteiger partial charge in [-0.25, -0.2) is 9.78 Å². The van der Waals surface area contributed by atoms with Gasteiger partial charge in [-0.1, -0.05) is 6.07 Å². The second kappa shape index (κ2) is 9.80. The van der Waals surface area contributed by atoms with Crippen molar-refractivity contribution in [1.82, 2.24) is 14.9 Å². The van der Waals surface area contributed by atoms with Gasteiger partial charge in [-0.05, 0) is 30.7 Å². The molecule has 28 heavy (non-hydrogen) atoms. The van der Waals surface area contributed by atoms with Gasteiger partial charge in [0.2, 0.25) is 5.78 Å². The van der Waals surface area contributed by atoms with Gasteiger partial charge in [-0.3, -0.25) is 9.78 Å². The van der Waals surface area contributed by atoms with Crippen molar-refractivity contribution in [2.24, 2.45) is 0 Å². The van der Waals surface area contributed by atoms with E-state index in [0.29, 0.717) is 37.5 Å². The summed E-state index contributed by atoms with van der Waals surface area (Å²) in [4.78, 5) is 37.1. The molecule has 0 atom stereocenters. The van der Waals surface area contributed by atoms with Crippen molar-refractivity contribution in [2.45, 2.75) is 6.42 Å². The zero-order valence-corrected chi connectivity index (χ0v) is 15.9. The van der Waals surface area contributed by atoms with Crippen LogP contribution in [0.25, 0.3) is 0 Å². The third-order valence-electron chi connectivity index (χ3n) is 4.48. The molecule has 8 nitrogen and oxygen atoms in total. The predicted octanol–water partition coefficient (Wildman–Crippen LogP) is 2.00. The molecule has 3 rings (SSSR count). The molecule has 2 aromatic heterocycles. The number of hydrogen-bond acceptors (Lipinski definition) is 7. The van der Waals surface area contributed by atoms with E-state index in [9.17, 15) is 9.59 Å². The smallest absolute Gasteiger partial charge is 0.409 e. The molecule has 0 N–H and O–H groups in total. The lowest BCUT2D eigenvalue weighted by molar-refractivity contribution is 0.0733. The van der Waals surface area contributed by atoms with Gasteiger partial charge in [-0.15, -0.1) is 0 Å². The molecular formula is C20H24N4O4. The number of amides is 1. The number of ether oxygens (including phenoxy) is 2. The molecule has 0 saturated carbocycles. The maximum atomic E-state index is 12.6. The number of methoxy groups -OCH3 is 1. The maximum Gasteiger partial charge on any atom is 0.409 e. The quantitative estimate of drug-likeness (QED) is 0.556. The normalized spacial score (nSPS) is 14.5. The number of hydrogen-bond donors (Lipinski definition) is 0. The van der Waals surface area contributed by atoms with Gasteiger partial charge < -0.3 is 19.3 Å². The van der Waals surface area contributed by atoms with Crippen molar-refractivity contribution < 1.29 is 19.1 Å². The number of aromatic nitrogens is 2. The molecule has 3 heterocycles. The average molecular weight is 384 g/mol. The summed E-state index contributed by atoms with van der Waals surface area (Å²) in [5.41, 5.74) is 0.888. The first-order valence-electron chi connectivity index (χ1n) is 9.26. The van der Waals surface area contributed by atoms with Crippen molar-refractivity contribution in [3.05, 3.63) is 54.0 Å². The lowest BCUT2D eigenvalue weighted by Gasteiger charge is -2.23. The highest BCUT2D eigenvalue weighted by Crippen LogP contribution is 2.16. The summed E-state index contributed by atoms with van der Waals surface area (Å²) < 4.78 is 10.1. The number of carbonyl (C=O) groups is 2. The van der Waals surface area contributed by atoms with Gasteiger partial charge >= 0.3 is 6.09 Å². The molecule has 0 aliphatic carbocycles. The molecule has 1 amide bonds. The topological polar surface area (TPSA) is 84.9 Å². The van der Waals surface area contributed by atoms with E-state index in [1.54, 1.807) is 36.4 Å². The van der Waals surface area contributed by atoms with Gasteiger partial charge in [0.1, 0.15) is 18.1 Å². The zero-order chi connectivity index (χ0) is 19.8. The summed E-state index contributed by atoms with van der Waals surface area (Å²) in [6.45, 7) is 3.16. The van der Waals surface area contributed by atoms with Crippen LogP contribution in [0.3, 0.4) is 0 Å². The van der Waals surface area contributed by atoms with E-state index < -0.39 is 0 Å². The second-order valence-electron chi connectivity index (χ2n) is 6.39. The molecule has 0 aromatic carbocycles. The molecule has 2 aromatic rings. The molecule has 0 radical (unpaired) electrons. The van der Waals surface area contributed by atoms with Crippen LogP contribution in [-0.4, -0.2) is 73.2 Å². The maximum absolute atomic E-state index is 12.6. The third kappa shape index (κ3) is 5.04. The first-order valence-corrected chi connectivity index (χ1v) is 9.26. The highest BCUT2D eigenvalue weighted by Gasteiger charge is 2.21. The molecule has 148 valence electrons. The van der Waals surface area contributed by atoms with Crippen molar-refractivity contribution in [1.29, 1.82) is 0 Å². The average Bonchev–Trinajstić information content (AvgIpc) is 3.00. The van der Waals surface area contributed by atoms with Crippen LogP contribution in [-0.2, 0) is 9.47 Å². The SMILES string of the molecule is COCCOC(=O)N1CCCN(c2cccc(C(=O)c3cccnc3)n2)CC1. The molecule has 0 spiro atoms. The van der Waals surface area contributed by atoms with Crippen LogP contribution in [0.5, 0.6) is 0 Å². The lowest BCUT2D eigenvalue weighted by Crippen LogP contribution is -2.36. The van der Waals surface area contributed by atoms with E-state index in [-0.39, 0.29) is 18.5 Å². The summed E-state index contributed by atoms with van der Waals surface area (Å²) in [5.74, 6) is 0.567. The molecule has 1 aliphatic heterocycles. The Morgan fingerprint density at radius 1 is 1.07 bits per heavy atom. The van der Waals surface area contributed by atoms with Gasteiger partial charge in [-0.2, -0.15) is 0 Å². The van der Waals surface area contributed by atoms with Crippen molar-refractivity contribution in [3.8, 4) is 0 Å². The van der Waals surface area contributed by atoms with Gasteiger partial charge in [0.25, 0.3) is 0 Å². The fourth-order valence-corrected chi connectivity index (χ4v) is 3.00. The highest BCUT2D eigenvalue weighted by molar-refractivity contribution is 6.07. The molecule has 1 aliphatic rings. The van der Waals surface area contributed by atoms with Crippen LogP contribution in [0.4, 0.5) is 10.6 Å². The Kier molecular flexibility index (Phi) is 6.91. The Bertz CT molecular complexity index is 800. The van der Waals surface area contributed by atoms with E-state index in [4.69, 9.17) is 9.47 Å². The number of nitrogens with zero attached hydrogens (tertiary/aromatic N) is 4. The number of carbonyl (C=O) groups excluding carboxylic acids is 2. The van der Waals surface area contributed by atoms with E-state index in [1.165, 1.54) is 6.20 Å². The summed E-state index contributed by atoms with van der Waals surface area (Å²) >= 11 is 0. The Hall–Kier alpha value is -3.00. The predicted molar refractivity (Wildman–Crippen MR) is 104 cm³/mol. The summed E-state index contributed by atoms with van der Waals surface area (Å²) in [5, 5.41) is 0. The molecule has 0 unspecified atom stereocenters. The van der Waals surface area contributed by atoms with E-state index in [1.807, 2.05) is 12.1 Å². The Morgan fingerprint density at radius 3 is 2.75 bits per heavy atom. The first-order chi connectivity index (χ1) is 13.7. The number of rotatable bonds is 6. The minimum atomic E-state index is -0.327. The number of ketones is 1. The Morgan fingerprint density at radius 2 is 1.96 bits per heavy atom. The van der Waals surface area contributed by atoms with Crippen LogP contribution >= 0.6 is 0 Å². The lowest BCUT2D eigenvalue weighted by atomic mass is 10.1. The molecule has 8 heteroatoms. The van der Waals surface area contributed by atoms with Crippen LogP contribution in [0.2, 0.25) is 0 Å². The summed E-state index contributed by atoms with van der Waals surface area (Å²) in [6, 6.07) is 8.87. The monoisotopic (exact) mass is 384 g/mol. The Balaban J connectivity index is 1.64. The van der Waals surface area contributed by atoms with E-state index in [2.05, 4.69) is 14.9 Å². The van der Waals surface area contributed by atoms with Gasteiger partial charge in [0, 0.05) is 51.2 Å². The molecular weight excluding hydrogens is 360 g/mol. The van der Waals surface area contributed by atoms with E-state index >= 15 is 0 Å². The molecule has 0 bridgehead atoms. The van der Waals surface area contributed by atoms with Crippen molar-refractivity contribution >= 4 is 17.7 Å². The fourth-order valence-electron chi connectivity index (χ4n) is 3.00. The molecule has 1 saturated heterocycles. The first kappa shape index (κ1) is 19.8. The highest BCUT2D eigenvalue weighted by atomic mass is 16.6. The van der Waals surface area contributed by atoms with E-state index in [0.717, 1.165) is 18.8 Å². The van der Waals surface area contributed by atoms with Gasteiger partial charge in [0.15, 0.2) is 0 Å². The molecule has 1 fully saturated rings. The van der Waals surface area contributed by atoms with Crippen molar-refractivity contribution in [3.63, 3.8) is 0 Å². The van der Waals surface area contributed by atoms with Crippen LogP contribution in [0.1, 0.15) is 22.5 Å². The second-order valence-corrected chi connectivity index (χ2v) is 6.39. The number of pyridine rings is 2. The largest absolute Gasteiger partial charge is 0.447 e. The standard InChI is InChI=1S/C20H24N4O4/c1-27-13-14-28-20(26)24-10-4-9-23(11-12-24)18-7-2-6-17(22-18)19(25)16-5-3-8-21-15-16/h2-3,5-8,15H,4,9-14H2,1H3. The number of anilines is 1. The fraction of sp³-hybridized carbons (Fsp3) is 0.400. The van der Waals surface area contributed by atoms with Crippen molar-refractivity contribution in [2.75, 3.05) is 51.4 Å². The van der Waals surface area contributed by atoms with Crippen LogP contribution in [0.15, 0.2) is 42.7 Å². The van der Waals surface area contributed by atoms with Crippen LogP contribution < -0.4 is 4.90 Å². The van der Waals surface area contributed by atoms with Gasteiger partial charge in [0.05, 0.1) is 6.61 Å². The minimum absolute atomic E-state index is 0.159. The minimum Gasteiger partial charge on any atom is -0.447 e. The summed E-state index contributed by atoms with van der Waals surface area (Å²) in [7, 11) is 1.57.